The van der Waals surface area contributed by atoms with E-state index in [9.17, 15) is 0 Å². The molecular weight excluding hydrogens is 338 g/mol. The first-order valence-corrected chi connectivity index (χ1v) is 8.25. The summed E-state index contributed by atoms with van der Waals surface area (Å²) in [6.45, 7) is 0.724. The zero-order valence-electron chi connectivity index (χ0n) is 14.9. The summed E-state index contributed by atoms with van der Waals surface area (Å²) in [7, 11) is 6.40. The summed E-state index contributed by atoms with van der Waals surface area (Å²) in [4.78, 5) is 0.632. The fourth-order valence-electron chi connectivity index (χ4n) is 2.43. The van der Waals surface area contributed by atoms with Crippen LogP contribution in [-0.2, 0) is 6.42 Å². The molecular formula is C19H23NO4S. The molecule has 0 atom stereocenters. The molecule has 25 heavy (non-hydrogen) atoms. The lowest BCUT2D eigenvalue weighted by atomic mass is 10.1. The Balaban J connectivity index is 2.02. The van der Waals surface area contributed by atoms with E-state index in [0.717, 1.165) is 24.3 Å². The van der Waals surface area contributed by atoms with Crippen LogP contribution in [0.5, 0.6) is 23.0 Å². The van der Waals surface area contributed by atoms with Crippen molar-refractivity contribution in [2.75, 3.05) is 35.0 Å². The van der Waals surface area contributed by atoms with Crippen molar-refractivity contribution in [3.8, 4) is 23.0 Å². The Morgan fingerprint density at radius 2 is 1.48 bits per heavy atom. The molecule has 0 aliphatic carbocycles. The number of hydrogen-bond acceptors (Lipinski definition) is 5. The zero-order valence-corrected chi connectivity index (χ0v) is 15.7. The highest BCUT2D eigenvalue weighted by molar-refractivity contribution is 7.80. The van der Waals surface area contributed by atoms with Crippen molar-refractivity contribution in [3.05, 3.63) is 47.5 Å². The van der Waals surface area contributed by atoms with E-state index in [1.807, 2.05) is 36.4 Å². The van der Waals surface area contributed by atoms with Gasteiger partial charge in [0.15, 0.2) is 11.5 Å². The standard InChI is InChI=1S/C19H23NO4S/c1-21-15-7-5-13(6-8-15)9-10-20-19(25)14-11-16(22-2)18(24-4)17(12-14)23-3/h5-8,11-12H,9-10H2,1-4H3,(H,20,25). The maximum Gasteiger partial charge on any atom is 0.203 e. The van der Waals surface area contributed by atoms with Crippen LogP contribution in [-0.4, -0.2) is 40.0 Å². The molecule has 0 radical (unpaired) electrons. The van der Waals surface area contributed by atoms with E-state index in [4.69, 9.17) is 31.2 Å². The lowest BCUT2D eigenvalue weighted by Gasteiger charge is -2.15. The van der Waals surface area contributed by atoms with Crippen LogP contribution in [0.1, 0.15) is 11.1 Å². The Bertz CT molecular complexity index is 691. The first kappa shape index (κ1) is 18.9. The molecule has 2 aromatic carbocycles. The van der Waals surface area contributed by atoms with Crippen LogP contribution in [0.2, 0.25) is 0 Å². The molecule has 2 aromatic rings. The van der Waals surface area contributed by atoms with Crippen LogP contribution < -0.4 is 24.3 Å². The van der Waals surface area contributed by atoms with Gasteiger partial charge in [0.2, 0.25) is 5.75 Å². The van der Waals surface area contributed by atoms with Gasteiger partial charge in [0.25, 0.3) is 0 Å². The average molecular weight is 361 g/mol. The first-order valence-electron chi connectivity index (χ1n) is 7.84. The Labute approximate surface area is 153 Å². The van der Waals surface area contributed by atoms with Crippen LogP contribution in [0.4, 0.5) is 0 Å². The van der Waals surface area contributed by atoms with E-state index in [0.29, 0.717) is 22.2 Å². The molecule has 5 nitrogen and oxygen atoms in total. The van der Waals surface area contributed by atoms with E-state index in [1.165, 1.54) is 5.56 Å². The van der Waals surface area contributed by atoms with Gasteiger partial charge in [0.1, 0.15) is 10.7 Å². The number of benzene rings is 2. The summed E-state index contributed by atoms with van der Waals surface area (Å²) in [5, 5.41) is 3.26. The summed E-state index contributed by atoms with van der Waals surface area (Å²) in [5.74, 6) is 2.56. The second-order valence-corrected chi connectivity index (χ2v) is 5.68. The molecule has 134 valence electrons. The fourth-order valence-corrected chi connectivity index (χ4v) is 2.65. The van der Waals surface area contributed by atoms with Crippen LogP contribution in [0, 0.1) is 0 Å². The highest BCUT2D eigenvalue weighted by Crippen LogP contribution is 2.38. The highest BCUT2D eigenvalue weighted by Gasteiger charge is 2.15. The minimum atomic E-state index is 0.551. The smallest absolute Gasteiger partial charge is 0.203 e. The van der Waals surface area contributed by atoms with Gasteiger partial charge in [0, 0.05) is 12.1 Å². The van der Waals surface area contributed by atoms with Crippen molar-refractivity contribution >= 4 is 17.2 Å². The van der Waals surface area contributed by atoms with E-state index in [-0.39, 0.29) is 0 Å². The normalized spacial score (nSPS) is 10.1. The van der Waals surface area contributed by atoms with E-state index < -0.39 is 0 Å². The van der Waals surface area contributed by atoms with E-state index in [1.54, 1.807) is 28.4 Å². The molecule has 0 aliphatic heterocycles. The van der Waals surface area contributed by atoms with E-state index >= 15 is 0 Å². The van der Waals surface area contributed by atoms with Gasteiger partial charge in [-0.3, -0.25) is 0 Å². The van der Waals surface area contributed by atoms with Crippen LogP contribution >= 0.6 is 12.2 Å². The molecule has 0 saturated carbocycles. The monoisotopic (exact) mass is 361 g/mol. The average Bonchev–Trinajstić information content (AvgIpc) is 2.67. The van der Waals surface area contributed by atoms with Crippen LogP contribution in [0.15, 0.2) is 36.4 Å². The van der Waals surface area contributed by atoms with Crippen molar-refractivity contribution < 1.29 is 18.9 Å². The fraction of sp³-hybridized carbons (Fsp3) is 0.316. The number of rotatable bonds is 8. The molecule has 0 aromatic heterocycles. The van der Waals surface area contributed by atoms with Gasteiger partial charge in [-0.1, -0.05) is 24.4 Å². The molecule has 0 aliphatic rings. The Morgan fingerprint density at radius 1 is 0.880 bits per heavy atom. The third-order valence-electron chi connectivity index (χ3n) is 3.79. The molecule has 6 heteroatoms. The molecule has 0 bridgehead atoms. The number of hydrogen-bond donors (Lipinski definition) is 1. The largest absolute Gasteiger partial charge is 0.497 e. The van der Waals surface area contributed by atoms with E-state index in [2.05, 4.69) is 5.32 Å². The minimum absolute atomic E-state index is 0.551. The highest BCUT2D eigenvalue weighted by atomic mass is 32.1. The minimum Gasteiger partial charge on any atom is -0.497 e. The Kier molecular flexibility index (Phi) is 6.89. The molecule has 0 spiro atoms. The maximum atomic E-state index is 5.49. The van der Waals surface area contributed by atoms with Crippen molar-refractivity contribution in [2.45, 2.75) is 6.42 Å². The third kappa shape index (κ3) is 4.76. The zero-order chi connectivity index (χ0) is 18.2. The van der Waals surface area contributed by atoms with Crippen molar-refractivity contribution in [1.82, 2.24) is 5.32 Å². The first-order chi connectivity index (χ1) is 12.1. The molecule has 0 unspecified atom stereocenters. The molecule has 0 heterocycles. The lowest BCUT2D eigenvalue weighted by molar-refractivity contribution is 0.324. The van der Waals surface area contributed by atoms with Gasteiger partial charge in [-0.25, -0.2) is 0 Å². The van der Waals surface area contributed by atoms with Crippen molar-refractivity contribution in [2.24, 2.45) is 0 Å². The number of ether oxygens (including phenoxy) is 4. The van der Waals surface area contributed by atoms with Gasteiger partial charge in [-0.2, -0.15) is 0 Å². The predicted molar refractivity (Wildman–Crippen MR) is 102 cm³/mol. The number of thiocarbonyl (C=S) groups is 1. The molecule has 2 rings (SSSR count). The van der Waals surface area contributed by atoms with Gasteiger partial charge < -0.3 is 24.3 Å². The summed E-state index contributed by atoms with van der Waals surface area (Å²) in [6, 6.07) is 11.7. The second-order valence-electron chi connectivity index (χ2n) is 5.27. The molecule has 1 N–H and O–H groups in total. The SMILES string of the molecule is COc1ccc(CCNC(=S)c2cc(OC)c(OC)c(OC)c2)cc1. The third-order valence-corrected chi connectivity index (χ3v) is 4.17. The van der Waals surface area contributed by atoms with Gasteiger partial charge in [-0.05, 0) is 36.2 Å². The van der Waals surface area contributed by atoms with Crippen molar-refractivity contribution in [1.29, 1.82) is 0 Å². The van der Waals surface area contributed by atoms with Gasteiger partial charge in [0.05, 0.1) is 28.4 Å². The van der Waals surface area contributed by atoms with Crippen molar-refractivity contribution in [3.63, 3.8) is 0 Å². The van der Waals surface area contributed by atoms with Gasteiger partial charge in [-0.15, -0.1) is 0 Å². The second kappa shape index (κ2) is 9.13. The van der Waals surface area contributed by atoms with Crippen LogP contribution in [0.25, 0.3) is 0 Å². The van der Waals surface area contributed by atoms with Crippen LogP contribution in [0.3, 0.4) is 0 Å². The summed E-state index contributed by atoms with van der Waals surface area (Å²) < 4.78 is 21.2. The number of nitrogens with one attached hydrogen (secondary N) is 1. The molecule has 0 fully saturated rings. The maximum absolute atomic E-state index is 5.49. The Hall–Kier alpha value is -2.47. The summed E-state index contributed by atoms with van der Waals surface area (Å²) in [6.07, 6.45) is 0.856. The Morgan fingerprint density at radius 3 is 1.96 bits per heavy atom. The lowest BCUT2D eigenvalue weighted by Crippen LogP contribution is -2.24. The quantitative estimate of drug-likeness (QED) is 0.729. The molecule has 0 amide bonds. The topological polar surface area (TPSA) is 49.0 Å². The molecule has 0 saturated heterocycles. The predicted octanol–water partition coefficient (Wildman–Crippen LogP) is 3.23. The summed E-state index contributed by atoms with van der Waals surface area (Å²) in [5.41, 5.74) is 2.03. The summed E-state index contributed by atoms with van der Waals surface area (Å²) >= 11 is 5.49. The van der Waals surface area contributed by atoms with Gasteiger partial charge >= 0.3 is 0 Å². The number of methoxy groups -OCH3 is 4.